The third kappa shape index (κ3) is 4.52. The minimum Gasteiger partial charge on any atom is -0.476 e. The molecular formula is C17H19N3O4. The third-order valence-electron chi connectivity index (χ3n) is 3.00. The van der Waals surface area contributed by atoms with Gasteiger partial charge in [-0.3, -0.25) is 4.98 Å². The smallest absolute Gasteiger partial charge is 0.407 e. The Hall–Kier alpha value is -2.96. The number of carboxylic acids is 1. The first-order chi connectivity index (χ1) is 11.3. The van der Waals surface area contributed by atoms with E-state index in [1.165, 1.54) is 12.4 Å². The standard InChI is InChI=1S/C17H19N3O4/c1-17(2,3)24-16(23)20-10-11-6-4-5-7-12(11)13-14(15(21)22)19-9-8-18-13/h4-9H,10H2,1-3H3,(H,20,23)(H,21,22). The number of carbonyl (C=O) groups is 2. The van der Waals surface area contributed by atoms with Crippen molar-refractivity contribution in [3.05, 3.63) is 47.9 Å². The highest BCUT2D eigenvalue weighted by molar-refractivity contribution is 5.93. The number of carboxylic acid groups (broad SMARTS) is 1. The number of benzene rings is 1. The molecule has 1 aromatic heterocycles. The molecule has 0 unspecified atom stereocenters. The number of hydrogen-bond acceptors (Lipinski definition) is 5. The van der Waals surface area contributed by atoms with Crippen LogP contribution in [0.5, 0.6) is 0 Å². The molecule has 2 aromatic rings. The van der Waals surface area contributed by atoms with Crippen LogP contribution in [-0.4, -0.2) is 32.7 Å². The van der Waals surface area contributed by atoms with E-state index in [0.29, 0.717) is 11.1 Å². The van der Waals surface area contributed by atoms with Gasteiger partial charge >= 0.3 is 12.1 Å². The highest BCUT2D eigenvalue weighted by Gasteiger charge is 2.19. The molecule has 7 heteroatoms. The fourth-order valence-corrected chi connectivity index (χ4v) is 2.08. The summed E-state index contributed by atoms with van der Waals surface area (Å²) >= 11 is 0. The van der Waals surface area contributed by atoms with Gasteiger partial charge in [-0.25, -0.2) is 14.6 Å². The van der Waals surface area contributed by atoms with Crippen LogP contribution in [0.3, 0.4) is 0 Å². The van der Waals surface area contributed by atoms with E-state index in [2.05, 4.69) is 15.3 Å². The number of ether oxygens (including phenoxy) is 1. The highest BCUT2D eigenvalue weighted by atomic mass is 16.6. The van der Waals surface area contributed by atoms with E-state index in [1.54, 1.807) is 45.0 Å². The zero-order valence-electron chi connectivity index (χ0n) is 13.7. The molecule has 0 atom stereocenters. The number of alkyl carbamates (subject to hydrolysis) is 1. The Bertz CT molecular complexity index is 753. The summed E-state index contributed by atoms with van der Waals surface area (Å²) in [6.45, 7) is 5.51. The quantitative estimate of drug-likeness (QED) is 0.894. The van der Waals surface area contributed by atoms with Gasteiger partial charge in [-0.1, -0.05) is 24.3 Å². The SMILES string of the molecule is CC(C)(C)OC(=O)NCc1ccccc1-c1nccnc1C(=O)O. The van der Waals surface area contributed by atoms with Crippen LogP contribution in [0.4, 0.5) is 4.79 Å². The van der Waals surface area contributed by atoms with Crippen LogP contribution in [0, 0.1) is 0 Å². The molecule has 1 heterocycles. The van der Waals surface area contributed by atoms with E-state index in [9.17, 15) is 14.7 Å². The van der Waals surface area contributed by atoms with Crippen molar-refractivity contribution in [2.45, 2.75) is 32.9 Å². The van der Waals surface area contributed by atoms with Gasteiger partial charge in [0.25, 0.3) is 0 Å². The first-order valence-electron chi connectivity index (χ1n) is 7.37. The normalized spacial score (nSPS) is 11.0. The number of amides is 1. The predicted molar refractivity (Wildman–Crippen MR) is 87.5 cm³/mol. The Morgan fingerprint density at radius 1 is 1.17 bits per heavy atom. The van der Waals surface area contributed by atoms with Gasteiger partial charge in [-0.05, 0) is 26.3 Å². The minimum atomic E-state index is -1.16. The molecule has 2 rings (SSSR count). The maximum Gasteiger partial charge on any atom is 0.407 e. The molecule has 0 spiro atoms. The number of nitrogens with one attached hydrogen (secondary N) is 1. The molecule has 2 N–H and O–H groups in total. The summed E-state index contributed by atoms with van der Waals surface area (Å²) in [4.78, 5) is 31.1. The summed E-state index contributed by atoms with van der Waals surface area (Å²) in [5, 5.41) is 11.9. The van der Waals surface area contributed by atoms with Crippen molar-refractivity contribution < 1.29 is 19.4 Å². The van der Waals surface area contributed by atoms with Crippen molar-refractivity contribution >= 4 is 12.1 Å². The molecule has 0 radical (unpaired) electrons. The molecule has 0 aliphatic heterocycles. The molecule has 7 nitrogen and oxygen atoms in total. The molecule has 0 saturated carbocycles. The monoisotopic (exact) mass is 329 g/mol. The zero-order valence-corrected chi connectivity index (χ0v) is 13.7. The minimum absolute atomic E-state index is 0.137. The Kier molecular flexibility index (Phi) is 5.13. The summed E-state index contributed by atoms with van der Waals surface area (Å²) in [5.41, 5.74) is 0.838. The Labute approximate surface area is 139 Å². The van der Waals surface area contributed by atoms with E-state index in [-0.39, 0.29) is 17.9 Å². The number of carbonyl (C=O) groups excluding carboxylic acids is 1. The highest BCUT2D eigenvalue weighted by Crippen LogP contribution is 2.24. The third-order valence-corrected chi connectivity index (χ3v) is 3.00. The van der Waals surface area contributed by atoms with Crippen LogP contribution in [0.2, 0.25) is 0 Å². The summed E-state index contributed by atoms with van der Waals surface area (Å²) < 4.78 is 5.19. The van der Waals surface area contributed by atoms with Gasteiger partial charge in [0.15, 0.2) is 5.69 Å². The fourth-order valence-electron chi connectivity index (χ4n) is 2.08. The average molecular weight is 329 g/mol. The van der Waals surface area contributed by atoms with Gasteiger partial charge in [0.1, 0.15) is 11.3 Å². The number of aromatic nitrogens is 2. The first kappa shape index (κ1) is 17.4. The van der Waals surface area contributed by atoms with Gasteiger partial charge in [0, 0.05) is 24.5 Å². The van der Waals surface area contributed by atoms with E-state index >= 15 is 0 Å². The Balaban J connectivity index is 2.26. The number of nitrogens with zero attached hydrogens (tertiary/aromatic N) is 2. The first-order valence-corrected chi connectivity index (χ1v) is 7.37. The van der Waals surface area contributed by atoms with Crippen LogP contribution in [0.1, 0.15) is 36.8 Å². The van der Waals surface area contributed by atoms with Gasteiger partial charge < -0.3 is 15.2 Å². The van der Waals surface area contributed by atoms with Crippen molar-refractivity contribution in [1.29, 1.82) is 0 Å². The molecule has 0 aliphatic carbocycles. The number of rotatable bonds is 4. The van der Waals surface area contributed by atoms with Crippen LogP contribution >= 0.6 is 0 Å². The topological polar surface area (TPSA) is 101 Å². The van der Waals surface area contributed by atoms with Crippen LogP contribution in [0.25, 0.3) is 11.3 Å². The molecule has 0 fully saturated rings. The lowest BCUT2D eigenvalue weighted by Crippen LogP contribution is -2.32. The van der Waals surface area contributed by atoms with Crippen molar-refractivity contribution in [1.82, 2.24) is 15.3 Å². The summed E-state index contributed by atoms with van der Waals surface area (Å²) in [7, 11) is 0. The summed E-state index contributed by atoms with van der Waals surface area (Å²) in [6.07, 6.45) is 2.21. The summed E-state index contributed by atoms with van der Waals surface area (Å²) in [6, 6.07) is 7.09. The van der Waals surface area contributed by atoms with Gasteiger partial charge in [0.2, 0.25) is 0 Å². The second-order valence-corrected chi connectivity index (χ2v) is 6.07. The molecule has 126 valence electrons. The lowest BCUT2D eigenvalue weighted by Gasteiger charge is -2.20. The van der Waals surface area contributed by atoms with E-state index < -0.39 is 17.7 Å². The fraction of sp³-hybridized carbons (Fsp3) is 0.294. The molecular weight excluding hydrogens is 310 g/mol. The molecule has 1 aromatic carbocycles. The van der Waals surface area contributed by atoms with Crippen LogP contribution < -0.4 is 5.32 Å². The van der Waals surface area contributed by atoms with Gasteiger partial charge in [0.05, 0.1) is 0 Å². The maximum absolute atomic E-state index is 11.8. The predicted octanol–water partition coefficient (Wildman–Crippen LogP) is 2.87. The van der Waals surface area contributed by atoms with E-state index in [1.807, 2.05) is 0 Å². The molecule has 1 amide bonds. The van der Waals surface area contributed by atoms with Crippen molar-refractivity contribution in [2.75, 3.05) is 0 Å². The molecule has 24 heavy (non-hydrogen) atoms. The zero-order chi connectivity index (χ0) is 17.7. The van der Waals surface area contributed by atoms with Gasteiger partial charge in [-0.2, -0.15) is 0 Å². The van der Waals surface area contributed by atoms with E-state index in [4.69, 9.17) is 4.74 Å². The van der Waals surface area contributed by atoms with Crippen molar-refractivity contribution in [3.8, 4) is 11.3 Å². The van der Waals surface area contributed by atoms with Crippen molar-refractivity contribution in [2.24, 2.45) is 0 Å². The Morgan fingerprint density at radius 3 is 2.50 bits per heavy atom. The second-order valence-electron chi connectivity index (χ2n) is 6.07. The lowest BCUT2D eigenvalue weighted by atomic mass is 10.0. The Morgan fingerprint density at radius 2 is 1.83 bits per heavy atom. The van der Waals surface area contributed by atoms with Crippen LogP contribution in [0.15, 0.2) is 36.7 Å². The molecule has 0 bridgehead atoms. The molecule has 0 saturated heterocycles. The largest absolute Gasteiger partial charge is 0.476 e. The van der Waals surface area contributed by atoms with E-state index in [0.717, 1.165) is 0 Å². The number of aromatic carboxylic acids is 1. The van der Waals surface area contributed by atoms with Crippen LogP contribution in [-0.2, 0) is 11.3 Å². The maximum atomic E-state index is 11.8. The average Bonchev–Trinajstić information content (AvgIpc) is 2.51. The van der Waals surface area contributed by atoms with Gasteiger partial charge in [-0.15, -0.1) is 0 Å². The lowest BCUT2D eigenvalue weighted by molar-refractivity contribution is 0.0523. The van der Waals surface area contributed by atoms with Crippen molar-refractivity contribution in [3.63, 3.8) is 0 Å². The molecule has 0 aliphatic rings. The second kappa shape index (κ2) is 7.08. The summed E-state index contributed by atoms with van der Waals surface area (Å²) in [5.74, 6) is -1.16. The number of hydrogen-bond donors (Lipinski definition) is 2.